The Balaban J connectivity index is 1.53. The molecule has 1 unspecified atom stereocenters. The highest BCUT2D eigenvalue weighted by atomic mass is 35.5. The van der Waals surface area contributed by atoms with Gasteiger partial charge in [0.25, 0.3) is 5.91 Å². The maximum absolute atomic E-state index is 13.1. The van der Waals surface area contributed by atoms with Gasteiger partial charge in [-0.1, -0.05) is 36.9 Å². The summed E-state index contributed by atoms with van der Waals surface area (Å²) >= 11 is 7.49. The van der Waals surface area contributed by atoms with Crippen LogP contribution in [-0.2, 0) is 16.1 Å². The van der Waals surface area contributed by atoms with Crippen LogP contribution in [0.5, 0.6) is 0 Å². The van der Waals surface area contributed by atoms with E-state index in [0.29, 0.717) is 29.6 Å². The van der Waals surface area contributed by atoms with Gasteiger partial charge in [0.15, 0.2) is 0 Å². The number of nitrogens with zero attached hydrogens (tertiary/aromatic N) is 3. The normalized spacial score (nSPS) is 21.0. The number of amides is 2. The minimum Gasteiger partial charge on any atom is -0.368 e. The van der Waals surface area contributed by atoms with Gasteiger partial charge in [0, 0.05) is 25.3 Å². The number of carbonyl (C=O) groups is 2. The summed E-state index contributed by atoms with van der Waals surface area (Å²) in [7, 11) is 0. The molecule has 1 aliphatic heterocycles. The number of ether oxygens (including phenoxy) is 1. The zero-order valence-corrected chi connectivity index (χ0v) is 18.4. The number of thiophene rings is 1. The van der Waals surface area contributed by atoms with E-state index in [2.05, 4.69) is 4.98 Å². The third-order valence-electron chi connectivity index (χ3n) is 5.78. The average molecular weight is 448 g/mol. The topological polar surface area (TPSA) is 62.7 Å². The van der Waals surface area contributed by atoms with Crippen LogP contribution in [0.4, 0.5) is 0 Å². The smallest absolute Gasteiger partial charge is 0.266 e. The third kappa shape index (κ3) is 5.02. The molecule has 2 aliphatic rings. The number of halogens is 1. The Bertz CT molecular complexity index is 870. The van der Waals surface area contributed by atoms with Crippen LogP contribution >= 0.6 is 22.9 Å². The molecule has 1 saturated heterocycles. The predicted molar refractivity (Wildman–Crippen MR) is 117 cm³/mol. The van der Waals surface area contributed by atoms with Crippen molar-refractivity contribution in [2.24, 2.45) is 0 Å². The fraction of sp³-hybridized carbons (Fsp3) is 0.500. The van der Waals surface area contributed by atoms with Gasteiger partial charge >= 0.3 is 0 Å². The SMILES string of the molecule is O=C(c1sccc1Cl)N1CC(=O)N(C2CCCCC2)CC(OCc2ccccn2)C1. The van der Waals surface area contributed by atoms with Crippen molar-refractivity contribution in [3.63, 3.8) is 0 Å². The second kappa shape index (κ2) is 9.90. The molecule has 0 aromatic carbocycles. The summed E-state index contributed by atoms with van der Waals surface area (Å²) in [6.07, 6.45) is 7.00. The summed E-state index contributed by atoms with van der Waals surface area (Å²) in [6.45, 7) is 1.26. The standard InChI is InChI=1S/C22H26ClN3O3S/c23-19-9-11-30-21(19)22(28)25-12-18(29-15-16-6-4-5-10-24-16)13-26(20(27)14-25)17-7-2-1-3-8-17/h4-6,9-11,17-18H,1-3,7-8,12-15H2. The van der Waals surface area contributed by atoms with E-state index in [-0.39, 0.29) is 30.5 Å². The van der Waals surface area contributed by atoms with Gasteiger partial charge in [-0.2, -0.15) is 0 Å². The molecule has 2 amide bonds. The number of hydrogen-bond donors (Lipinski definition) is 0. The van der Waals surface area contributed by atoms with E-state index in [0.717, 1.165) is 31.4 Å². The van der Waals surface area contributed by atoms with Crippen LogP contribution in [0.1, 0.15) is 47.5 Å². The quantitative estimate of drug-likeness (QED) is 0.695. The highest BCUT2D eigenvalue weighted by Crippen LogP contribution is 2.27. The molecule has 0 bridgehead atoms. The highest BCUT2D eigenvalue weighted by molar-refractivity contribution is 7.12. The molecule has 6 nitrogen and oxygen atoms in total. The molecule has 1 saturated carbocycles. The van der Waals surface area contributed by atoms with Gasteiger partial charge < -0.3 is 14.5 Å². The van der Waals surface area contributed by atoms with Gasteiger partial charge in [-0.3, -0.25) is 14.6 Å². The first-order valence-corrected chi connectivity index (χ1v) is 11.7. The molecule has 1 aliphatic carbocycles. The predicted octanol–water partition coefficient (Wildman–Crippen LogP) is 4.00. The minimum atomic E-state index is -0.275. The van der Waals surface area contributed by atoms with Crippen LogP contribution in [0.25, 0.3) is 0 Å². The van der Waals surface area contributed by atoms with Crippen LogP contribution in [-0.4, -0.2) is 58.4 Å². The van der Waals surface area contributed by atoms with Crippen LogP contribution < -0.4 is 0 Å². The van der Waals surface area contributed by atoms with Crippen LogP contribution in [0.3, 0.4) is 0 Å². The van der Waals surface area contributed by atoms with Crippen molar-refractivity contribution < 1.29 is 14.3 Å². The van der Waals surface area contributed by atoms with E-state index in [4.69, 9.17) is 16.3 Å². The molecule has 8 heteroatoms. The van der Waals surface area contributed by atoms with Gasteiger partial charge in [0.05, 0.1) is 23.4 Å². The Labute approximate surface area is 185 Å². The maximum Gasteiger partial charge on any atom is 0.266 e. The lowest BCUT2D eigenvalue weighted by Crippen LogP contribution is -2.46. The van der Waals surface area contributed by atoms with E-state index in [1.165, 1.54) is 17.8 Å². The summed E-state index contributed by atoms with van der Waals surface area (Å²) in [5.41, 5.74) is 0.830. The Morgan fingerprint density at radius 1 is 1.20 bits per heavy atom. The Morgan fingerprint density at radius 3 is 2.73 bits per heavy atom. The van der Waals surface area contributed by atoms with Crippen LogP contribution in [0, 0.1) is 0 Å². The second-order valence-corrected chi connectivity index (χ2v) is 9.20. The largest absolute Gasteiger partial charge is 0.368 e. The number of pyridine rings is 1. The van der Waals surface area contributed by atoms with E-state index < -0.39 is 0 Å². The van der Waals surface area contributed by atoms with E-state index in [1.54, 1.807) is 22.5 Å². The molecule has 2 aromatic heterocycles. The van der Waals surface area contributed by atoms with E-state index in [9.17, 15) is 9.59 Å². The number of hydrogen-bond acceptors (Lipinski definition) is 5. The van der Waals surface area contributed by atoms with Crippen molar-refractivity contribution in [2.45, 2.75) is 50.9 Å². The van der Waals surface area contributed by atoms with Crippen molar-refractivity contribution in [3.05, 3.63) is 51.4 Å². The Kier molecular flexibility index (Phi) is 7.02. The van der Waals surface area contributed by atoms with Crippen molar-refractivity contribution >= 4 is 34.8 Å². The fourth-order valence-electron chi connectivity index (χ4n) is 4.23. The molecule has 3 heterocycles. The summed E-state index contributed by atoms with van der Waals surface area (Å²) in [6, 6.07) is 7.64. The average Bonchev–Trinajstić information content (AvgIpc) is 3.13. The van der Waals surface area contributed by atoms with Gasteiger partial charge in [0.2, 0.25) is 5.91 Å². The lowest BCUT2D eigenvalue weighted by atomic mass is 9.94. The van der Waals surface area contributed by atoms with Crippen molar-refractivity contribution in [1.29, 1.82) is 0 Å². The summed E-state index contributed by atoms with van der Waals surface area (Å²) in [5, 5.41) is 2.22. The van der Waals surface area contributed by atoms with Gasteiger partial charge in [-0.25, -0.2) is 0 Å². The third-order valence-corrected chi connectivity index (χ3v) is 7.11. The van der Waals surface area contributed by atoms with Crippen LogP contribution in [0.2, 0.25) is 5.02 Å². The zero-order chi connectivity index (χ0) is 20.9. The second-order valence-electron chi connectivity index (χ2n) is 7.88. The van der Waals surface area contributed by atoms with Crippen molar-refractivity contribution in [3.8, 4) is 0 Å². The molecule has 160 valence electrons. The molecule has 30 heavy (non-hydrogen) atoms. The van der Waals surface area contributed by atoms with Crippen molar-refractivity contribution in [1.82, 2.24) is 14.8 Å². The highest BCUT2D eigenvalue weighted by Gasteiger charge is 2.35. The molecule has 2 fully saturated rings. The Morgan fingerprint density at radius 2 is 2.03 bits per heavy atom. The first kappa shape index (κ1) is 21.3. The van der Waals surface area contributed by atoms with Crippen LogP contribution in [0.15, 0.2) is 35.8 Å². The molecular weight excluding hydrogens is 422 g/mol. The lowest BCUT2D eigenvalue weighted by Gasteiger charge is -2.34. The first-order valence-electron chi connectivity index (χ1n) is 10.4. The minimum absolute atomic E-state index is 0.00753. The maximum atomic E-state index is 13.1. The summed E-state index contributed by atoms with van der Waals surface area (Å²) < 4.78 is 6.17. The van der Waals surface area contributed by atoms with Gasteiger partial charge in [0.1, 0.15) is 11.4 Å². The number of aromatic nitrogens is 1. The summed E-state index contributed by atoms with van der Waals surface area (Å²) in [4.78, 5) is 34.6. The number of carbonyl (C=O) groups excluding carboxylic acids is 2. The molecule has 4 rings (SSSR count). The molecule has 1 atom stereocenters. The lowest BCUT2D eigenvalue weighted by molar-refractivity contribution is -0.134. The van der Waals surface area contributed by atoms with Gasteiger partial charge in [-0.15, -0.1) is 11.3 Å². The molecular formula is C22H26ClN3O3S. The van der Waals surface area contributed by atoms with Crippen molar-refractivity contribution in [2.75, 3.05) is 19.6 Å². The van der Waals surface area contributed by atoms with Gasteiger partial charge in [-0.05, 0) is 36.4 Å². The van der Waals surface area contributed by atoms with E-state index >= 15 is 0 Å². The fourth-order valence-corrected chi connectivity index (χ4v) is 5.33. The molecule has 0 radical (unpaired) electrons. The number of rotatable bonds is 5. The molecule has 0 N–H and O–H groups in total. The zero-order valence-electron chi connectivity index (χ0n) is 16.8. The summed E-state index contributed by atoms with van der Waals surface area (Å²) in [5.74, 6) is -0.216. The molecule has 0 spiro atoms. The molecule has 2 aromatic rings. The van der Waals surface area contributed by atoms with E-state index in [1.807, 2.05) is 23.1 Å². The first-order chi connectivity index (χ1) is 14.6. The Hall–Kier alpha value is -1.96. The monoisotopic (exact) mass is 447 g/mol.